The molecule has 0 saturated carbocycles. The minimum Gasteiger partial charge on any atom is -0.497 e. The van der Waals surface area contributed by atoms with E-state index in [4.69, 9.17) is 9.47 Å². The minimum absolute atomic E-state index is 0.131. The summed E-state index contributed by atoms with van der Waals surface area (Å²) in [6.07, 6.45) is 1.43. The van der Waals surface area contributed by atoms with E-state index < -0.39 is 0 Å². The quantitative estimate of drug-likeness (QED) is 0.415. The van der Waals surface area contributed by atoms with Crippen LogP contribution < -0.4 is 20.1 Å². The average molecular weight is 481 g/mol. The van der Waals surface area contributed by atoms with E-state index in [2.05, 4.69) is 20.6 Å². The molecule has 0 spiro atoms. The van der Waals surface area contributed by atoms with Gasteiger partial charge in [-0.15, -0.1) is 11.3 Å². The molecule has 10 heteroatoms. The smallest absolute Gasteiger partial charge is 0.257 e. The van der Waals surface area contributed by atoms with Crippen LogP contribution in [0, 0.1) is 0 Å². The molecule has 1 atom stereocenters. The highest BCUT2D eigenvalue weighted by atomic mass is 32.1. The third-order valence-corrected chi connectivity index (χ3v) is 7.39. The molecule has 33 heavy (non-hydrogen) atoms. The van der Waals surface area contributed by atoms with E-state index in [-0.39, 0.29) is 17.7 Å². The highest BCUT2D eigenvalue weighted by Gasteiger charge is 2.33. The molecule has 1 aliphatic carbocycles. The maximum Gasteiger partial charge on any atom is 0.257 e. The van der Waals surface area contributed by atoms with E-state index in [1.807, 2.05) is 24.3 Å². The number of aromatic nitrogens is 2. The molecule has 168 valence electrons. The molecular weight excluding hydrogens is 460 g/mol. The van der Waals surface area contributed by atoms with Gasteiger partial charge in [0.25, 0.3) is 5.91 Å². The number of methoxy groups -OCH3 is 2. The first kappa shape index (κ1) is 21.4. The molecule has 0 aliphatic heterocycles. The Labute approximate surface area is 197 Å². The fourth-order valence-corrected chi connectivity index (χ4v) is 5.66. The lowest BCUT2D eigenvalue weighted by Crippen LogP contribution is -2.20. The third kappa shape index (κ3) is 4.27. The van der Waals surface area contributed by atoms with Gasteiger partial charge >= 0.3 is 0 Å². The highest BCUT2D eigenvalue weighted by Crippen LogP contribution is 2.39. The zero-order chi connectivity index (χ0) is 22.9. The molecule has 2 heterocycles. The van der Waals surface area contributed by atoms with Crippen LogP contribution in [0.2, 0.25) is 0 Å². The molecule has 2 N–H and O–H groups in total. The van der Waals surface area contributed by atoms with Crippen molar-refractivity contribution in [3.8, 4) is 11.5 Å². The fourth-order valence-electron chi connectivity index (χ4n) is 3.76. The van der Waals surface area contributed by atoms with Gasteiger partial charge in [-0.3, -0.25) is 14.9 Å². The van der Waals surface area contributed by atoms with Crippen molar-refractivity contribution in [1.29, 1.82) is 0 Å². The summed E-state index contributed by atoms with van der Waals surface area (Å²) in [5.41, 5.74) is 1.97. The standard InChI is InChI=1S/C23H20N4O4S2/c1-30-13-9-12(10-14(11-13)31-2)20(28)26-23-25-19-15(7-8-18(19)33-23)21(29)27-22-24-16-5-3-4-6-17(16)32-22/h3-6,9-11,15H,7-8H2,1-2H3,(H,24,27,29)(H,25,26,28). The van der Waals surface area contributed by atoms with Crippen LogP contribution in [0.15, 0.2) is 42.5 Å². The summed E-state index contributed by atoms with van der Waals surface area (Å²) < 4.78 is 11.5. The summed E-state index contributed by atoms with van der Waals surface area (Å²) in [7, 11) is 3.06. The number of para-hydroxylation sites is 1. The van der Waals surface area contributed by atoms with Crippen LogP contribution in [0.25, 0.3) is 10.2 Å². The number of rotatable bonds is 6. The van der Waals surface area contributed by atoms with Crippen LogP contribution in [-0.2, 0) is 11.2 Å². The largest absolute Gasteiger partial charge is 0.497 e. The lowest BCUT2D eigenvalue weighted by molar-refractivity contribution is -0.117. The van der Waals surface area contributed by atoms with Crippen LogP contribution in [0.3, 0.4) is 0 Å². The Morgan fingerprint density at radius 2 is 1.70 bits per heavy atom. The van der Waals surface area contributed by atoms with Crippen molar-refractivity contribution in [3.05, 3.63) is 58.6 Å². The monoisotopic (exact) mass is 480 g/mol. The predicted molar refractivity (Wildman–Crippen MR) is 129 cm³/mol. The van der Waals surface area contributed by atoms with E-state index in [1.54, 1.807) is 18.2 Å². The van der Waals surface area contributed by atoms with Gasteiger partial charge in [-0.05, 0) is 37.1 Å². The van der Waals surface area contributed by atoms with E-state index in [0.29, 0.717) is 33.7 Å². The van der Waals surface area contributed by atoms with Gasteiger partial charge in [0.1, 0.15) is 11.5 Å². The molecule has 1 aliphatic rings. The Hall–Kier alpha value is -3.50. The molecule has 0 saturated heterocycles. The number of nitrogens with one attached hydrogen (secondary N) is 2. The van der Waals surface area contributed by atoms with Crippen LogP contribution in [0.4, 0.5) is 10.3 Å². The molecule has 0 bridgehead atoms. The fraction of sp³-hybridized carbons (Fsp3) is 0.217. The number of amides is 2. The first-order valence-corrected chi connectivity index (χ1v) is 11.9. The van der Waals surface area contributed by atoms with Crippen molar-refractivity contribution in [2.24, 2.45) is 0 Å². The van der Waals surface area contributed by atoms with Gasteiger partial charge in [-0.2, -0.15) is 0 Å². The summed E-state index contributed by atoms with van der Waals surface area (Å²) in [6, 6.07) is 12.7. The molecule has 0 radical (unpaired) electrons. The predicted octanol–water partition coefficient (Wildman–Crippen LogP) is 4.69. The first-order chi connectivity index (χ1) is 16.0. The van der Waals surface area contributed by atoms with E-state index in [0.717, 1.165) is 27.2 Å². The number of hydrogen-bond donors (Lipinski definition) is 2. The molecule has 2 amide bonds. The summed E-state index contributed by atoms with van der Waals surface area (Å²) >= 11 is 2.84. The number of hydrogen-bond acceptors (Lipinski definition) is 8. The normalized spacial score (nSPS) is 14.7. The number of aryl methyl sites for hydroxylation is 1. The second-order valence-corrected chi connectivity index (χ2v) is 9.56. The molecular formula is C23H20N4O4S2. The maximum absolute atomic E-state index is 13.0. The highest BCUT2D eigenvalue weighted by molar-refractivity contribution is 7.22. The summed E-state index contributed by atoms with van der Waals surface area (Å²) in [5.74, 6) is 0.217. The molecule has 1 unspecified atom stereocenters. The molecule has 5 rings (SSSR count). The van der Waals surface area contributed by atoms with Gasteiger partial charge in [-0.1, -0.05) is 23.5 Å². The Morgan fingerprint density at radius 1 is 0.970 bits per heavy atom. The maximum atomic E-state index is 13.0. The Kier molecular flexibility index (Phi) is 5.69. The van der Waals surface area contributed by atoms with Crippen LogP contribution in [0.1, 0.15) is 33.3 Å². The molecule has 4 aromatic rings. The second-order valence-electron chi connectivity index (χ2n) is 7.45. The number of anilines is 2. The summed E-state index contributed by atoms with van der Waals surface area (Å²) in [5, 5.41) is 6.80. The number of carbonyl (C=O) groups excluding carboxylic acids is 2. The Balaban J connectivity index is 1.31. The zero-order valence-electron chi connectivity index (χ0n) is 17.9. The summed E-state index contributed by atoms with van der Waals surface area (Å²) in [6.45, 7) is 0. The van der Waals surface area contributed by atoms with Crippen LogP contribution >= 0.6 is 22.7 Å². The van der Waals surface area contributed by atoms with Gasteiger partial charge in [0, 0.05) is 16.5 Å². The van der Waals surface area contributed by atoms with Gasteiger partial charge in [0.2, 0.25) is 5.91 Å². The SMILES string of the molecule is COc1cc(OC)cc(C(=O)Nc2nc3c(s2)CCC3C(=O)Nc2nc3ccccc3s2)c1. The lowest BCUT2D eigenvalue weighted by Gasteiger charge is -2.09. The van der Waals surface area contributed by atoms with Crippen LogP contribution in [-0.4, -0.2) is 36.0 Å². The van der Waals surface area contributed by atoms with Gasteiger partial charge in [-0.25, -0.2) is 9.97 Å². The average Bonchev–Trinajstić information content (AvgIpc) is 3.51. The van der Waals surface area contributed by atoms with Crippen molar-refractivity contribution in [3.63, 3.8) is 0 Å². The zero-order valence-corrected chi connectivity index (χ0v) is 19.5. The number of nitrogens with zero attached hydrogens (tertiary/aromatic N) is 2. The minimum atomic E-state index is -0.370. The van der Waals surface area contributed by atoms with Gasteiger partial charge in [0.15, 0.2) is 10.3 Å². The molecule has 0 fully saturated rings. The topological polar surface area (TPSA) is 102 Å². The molecule has 2 aromatic carbocycles. The summed E-state index contributed by atoms with van der Waals surface area (Å²) in [4.78, 5) is 35.8. The van der Waals surface area contributed by atoms with Crippen molar-refractivity contribution in [2.75, 3.05) is 24.9 Å². The van der Waals surface area contributed by atoms with Gasteiger partial charge < -0.3 is 14.8 Å². The number of carbonyl (C=O) groups is 2. The number of fused-ring (bicyclic) bond motifs is 2. The van der Waals surface area contributed by atoms with Crippen molar-refractivity contribution in [2.45, 2.75) is 18.8 Å². The number of ether oxygens (including phenoxy) is 2. The lowest BCUT2D eigenvalue weighted by atomic mass is 10.1. The van der Waals surface area contributed by atoms with Gasteiger partial charge in [0.05, 0.1) is 36.0 Å². The Morgan fingerprint density at radius 3 is 2.42 bits per heavy atom. The van der Waals surface area contributed by atoms with Crippen LogP contribution in [0.5, 0.6) is 11.5 Å². The number of benzene rings is 2. The first-order valence-electron chi connectivity index (χ1n) is 10.2. The van der Waals surface area contributed by atoms with E-state index in [1.165, 1.54) is 36.9 Å². The van der Waals surface area contributed by atoms with Crippen molar-refractivity contribution < 1.29 is 19.1 Å². The number of thiazole rings is 2. The van der Waals surface area contributed by atoms with Crippen molar-refractivity contribution in [1.82, 2.24) is 9.97 Å². The molecule has 2 aromatic heterocycles. The van der Waals surface area contributed by atoms with E-state index >= 15 is 0 Å². The molecule has 8 nitrogen and oxygen atoms in total. The third-order valence-electron chi connectivity index (χ3n) is 5.39. The van der Waals surface area contributed by atoms with E-state index in [9.17, 15) is 9.59 Å². The second kappa shape index (κ2) is 8.80. The van der Waals surface area contributed by atoms with Crippen molar-refractivity contribution >= 4 is 55.0 Å². The Bertz CT molecular complexity index is 1310.